The molecule has 4 heteroatoms. The van der Waals surface area contributed by atoms with Crippen molar-refractivity contribution in [2.45, 2.75) is 40.2 Å². The highest BCUT2D eigenvalue weighted by atomic mass is 32.1. The lowest BCUT2D eigenvalue weighted by Crippen LogP contribution is -2.61. The lowest BCUT2D eigenvalue weighted by molar-refractivity contribution is 0.0843. The number of rotatable bonds is 1. The monoisotopic (exact) mass is 291 g/mol. The predicted octanol–water partition coefficient (Wildman–Crippen LogP) is 3.36. The molecule has 1 saturated heterocycles. The minimum Gasteiger partial charge on any atom is -0.339 e. The molecular weight excluding hydrogens is 266 g/mol. The molecule has 1 aromatic rings. The molecule has 0 unspecified atom stereocenters. The summed E-state index contributed by atoms with van der Waals surface area (Å²) < 4.78 is 0. The Balaban J connectivity index is 2.35. The zero-order chi connectivity index (χ0) is 15.1. The Morgan fingerprint density at radius 2 is 1.75 bits per heavy atom. The average molecular weight is 291 g/mol. The summed E-state index contributed by atoms with van der Waals surface area (Å²) in [6.45, 7) is 12.7. The Kier molecular flexibility index (Phi) is 4.07. The van der Waals surface area contributed by atoms with Gasteiger partial charge in [0.1, 0.15) is 0 Å². The van der Waals surface area contributed by atoms with Gasteiger partial charge in [-0.15, -0.1) is 0 Å². The largest absolute Gasteiger partial charge is 0.339 e. The summed E-state index contributed by atoms with van der Waals surface area (Å²) in [5.74, 6) is 0. The van der Waals surface area contributed by atoms with Gasteiger partial charge in [-0.2, -0.15) is 0 Å². The van der Waals surface area contributed by atoms with E-state index < -0.39 is 0 Å². The summed E-state index contributed by atoms with van der Waals surface area (Å²) in [5, 5.41) is 0.900. The fourth-order valence-electron chi connectivity index (χ4n) is 2.51. The van der Waals surface area contributed by atoms with Crippen LogP contribution in [-0.2, 0) is 0 Å². The van der Waals surface area contributed by atoms with Gasteiger partial charge in [-0.05, 0) is 58.5 Å². The highest BCUT2D eigenvalue weighted by molar-refractivity contribution is 7.80. The minimum atomic E-state index is 0.126. The van der Waals surface area contributed by atoms with Crippen molar-refractivity contribution in [2.75, 3.05) is 25.3 Å². The molecular formula is C16H25N3S. The van der Waals surface area contributed by atoms with E-state index in [1.165, 1.54) is 16.8 Å². The molecule has 0 N–H and O–H groups in total. The van der Waals surface area contributed by atoms with Crippen LogP contribution in [0.25, 0.3) is 0 Å². The van der Waals surface area contributed by atoms with Crippen molar-refractivity contribution in [3.63, 3.8) is 0 Å². The van der Waals surface area contributed by atoms with E-state index in [9.17, 15) is 0 Å². The first kappa shape index (κ1) is 15.3. The van der Waals surface area contributed by atoms with E-state index in [0.717, 1.165) is 18.4 Å². The van der Waals surface area contributed by atoms with Gasteiger partial charge in [0.05, 0.1) is 13.3 Å². The molecule has 1 aromatic carbocycles. The van der Waals surface area contributed by atoms with Crippen LogP contribution in [0.4, 0.5) is 5.69 Å². The molecule has 0 bridgehead atoms. The van der Waals surface area contributed by atoms with Gasteiger partial charge in [-0.25, -0.2) is 0 Å². The van der Waals surface area contributed by atoms with Crippen molar-refractivity contribution in [3.8, 4) is 0 Å². The number of nitrogens with zero attached hydrogens (tertiary/aromatic N) is 3. The standard InChI is InChI=1S/C16H25N3S/c1-12-7-8-14(13(2)9-12)19-11-18(16(3,4)5)10-17(6)15(19)20/h7-9H,10-11H2,1-6H3. The summed E-state index contributed by atoms with van der Waals surface area (Å²) in [5.41, 5.74) is 3.90. The molecule has 2 rings (SSSR count). The van der Waals surface area contributed by atoms with Crippen LogP contribution in [0.3, 0.4) is 0 Å². The maximum atomic E-state index is 5.63. The van der Waals surface area contributed by atoms with Crippen LogP contribution in [0.15, 0.2) is 18.2 Å². The SMILES string of the molecule is Cc1ccc(N2CN(C(C)(C)C)CN(C)C2=S)c(C)c1. The fraction of sp³-hybridized carbons (Fsp3) is 0.562. The summed E-state index contributed by atoms with van der Waals surface area (Å²) in [4.78, 5) is 6.81. The van der Waals surface area contributed by atoms with Gasteiger partial charge in [0.25, 0.3) is 0 Å². The van der Waals surface area contributed by atoms with E-state index in [2.05, 4.69) is 74.6 Å². The molecule has 3 nitrogen and oxygen atoms in total. The molecule has 0 spiro atoms. The van der Waals surface area contributed by atoms with Crippen molar-refractivity contribution in [1.29, 1.82) is 0 Å². The number of thiocarbonyl (C=S) groups is 1. The van der Waals surface area contributed by atoms with Crippen molar-refractivity contribution in [3.05, 3.63) is 29.3 Å². The summed E-state index contributed by atoms with van der Waals surface area (Å²) in [6.07, 6.45) is 0. The van der Waals surface area contributed by atoms with Gasteiger partial charge in [-0.1, -0.05) is 17.7 Å². The lowest BCUT2D eigenvalue weighted by atomic mass is 10.1. The molecule has 1 heterocycles. The van der Waals surface area contributed by atoms with Crippen molar-refractivity contribution < 1.29 is 0 Å². The third-order valence-corrected chi connectivity index (χ3v) is 4.38. The second kappa shape index (κ2) is 5.34. The van der Waals surface area contributed by atoms with Crippen LogP contribution in [0.2, 0.25) is 0 Å². The van der Waals surface area contributed by atoms with Gasteiger partial charge in [0.15, 0.2) is 5.11 Å². The maximum absolute atomic E-state index is 5.63. The summed E-state index contributed by atoms with van der Waals surface area (Å²) in [6, 6.07) is 6.55. The van der Waals surface area contributed by atoms with Gasteiger partial charge in [0.2, 0.25) is 0 Å². The second-order valence-corrected chi connectivity index (χ2v) is 7.06. The zero-order valence-electron chi connectivity index (χ0n) is 13.4. The molecule has 1 aliphatic heterocycles. The second-order valence-electron chi connectivity index (χ2n) is 6.69. The van der Waals surface area contributed by atoms with Crippen molar-refractivity contribution in [1.82, 2.24) is 9.80 Å². The fourth-order valence-corrected chi connectivity index (χ4v) is 2.72. The lowest BCUT2D eigenvalue weighted by Gasteiger charge is -2.48. The molecule has 0 aliphatic carbocycles. The molecule has 1 aliphatic rings. The van der Waals surface area contributed by atoms with E-state index >= 15 is 0 Å². The van der Waals surface area contributed by atoms with Crippen LogP contribution in [-0.4, -0.2) is 40.8 Å². The third kappa shape index (κ3) is 2.96. The van der Waals surface area contributed by atoms with E-state index in [-0.39, 0.29) is 5.54 Å². The van der Waals surface area contributed by atoms with Crippen LogP contribution in [0.5, 0.6) is 0 Å². The highest BCUT2D eigenvalue weighted by Gasteiger charge is 2.32. The quantitative estimate of drug-likeness (QED) is 0.734. The molecule has 20 heavy (non-hydrogen) atoms. The minimum absolute atomic E-state index is 0.126. The van der Waals surface area contributed by atoms with Crippen molar-refractivity contribution in [2.24, 2.45) is 0 Å². The normalized spacial score (nSPS) is 17.8. The first-order chi connectivity index (χ1) is 9.20. The zero-order valence-corrected chi connectivity index (χ0v) is 14.2. The Bertz CT molecular complexity index is 519. The number of benzene rings is 1. The Hall–Kier alpha value is -1.13. The summed E-state index contributed by atoms with van der Waals surface area (Å²) in [7, 11) is 2.07. The van der Waals surface area contributed by atoms with E-state index in [4.69, 9.17) is 12.2 Å². The molecule has 0 radical (unpaired) electrons. The molecule has 1 fully saturated rings. The summed E-state index contributed by atoms with van der Waals surface area (Å²) >= 11 is 5.63. The van der Waals surface area contributed by atoms with Gasteiger partial charge >= 0.3 is 0 Å². The van der Waals surface area contributed by atoms with Crippen LogP contribution in [0, 0.1) is 13.8 Å². The van der Waals surface area contributed by atoms with Crippen LogP contribution in [0.1, 0.15) is 31.9 Å². The smallest absolute Gasteiger partial charge is 0.178 e. The topological polar surface area (TPSA) is 9.72 Å². The first-order valence-electron chi connectivity index (χ1n) is 7.05. The highest BCUT2D eigenvalue weighted by Crippen LogP contribution is 2.27. The van der Waals surface area contributed by atoms with Gasteiger partial charge in [0, 0.05) is 18.3 Å². The van der Waals surface area contributed by atoms with E-state index in [1.807, 2.05) is 0 Å². The van der Waals surface area contributed by atoms with E-state index in [1.54, 1.807) is 0 Å². The number of hydrogen-bond donors (Lipinski definition) is 0. The van der Waals surface area contributed by atoms with Gasteiger partial charge in [-0.3, -0.25) is 4.90 Å². The number of aryl methyl sites for hydroxylation is 2. The predicted molar refractivity (Wildman–Crippen MR) is 90.1 cm³/mol. The number of hydrogen-bond acceptors (Lipinski definition) is 2. The number of anilines is 1. The Morgan fingerprint density at radius 3 is 2.30 bits per heavy atom. The van der Waals surface area contributed by atoms with Crippen LogP contribution >= 0.6 is 12.2 Å². The van der Waals surface area contributed by atoms with Crippen LogP contribution < -0.4 is 4.90 Å². The van der Waals surface area contributed by atoms with Crippen molar-refractivity contribution >= 4 is 23.0 Å². The van der Waals surface area contributed by atoms with Gasteiger partial charge < -0.3 is 9.80 Å². The molecule has 0 amide bonds. The maximum Gasteiger partial charge on any atom is 0.178 e. The molecule has 0 saturated carbocycles. The molecule has 110 valence electrons. The molecule has 0 aromatic heterocycles. The first-order valence-corrected chi connectivity index (χ1v) is 7.46. The van der Waals surface area contributed by atoms with E-state index in [0.29, 0.717) is 0 Å². The third-order valence-electron chi connectivity index (χ3n) is 3.84. The average Bonchev–Trinajstić information content (AvgIpc) is 2.32. The Morgan fingerprint density at radius 1 is 1.10 bits per heavy atom. The Labute approximate surface area is 128 Å². The molecule has 0 atom stereocenters.